The van der Waals surface area contributed by atoms with Gasteiger partial charge in [0, 0.05) is 12.7 Å². The van der Waals surface area contributed by atoms with E-state index in [1.54, 1.807) is 0 Å². The van der Waals surface area contributed by atoms with E-state index in [-0.39, 0.29) is 23.8 Å². The monoisotopic (exact) mass is 373 g/mol. The molecule has 1 unspecified atom stereocenters. The van der Waals surface area contributed by atoms with Gasteiger partial charge in [-0.25, -0.2) is 4.98 Å². The van der Waals surface area contributed by atoms with E-state index in [0.717, 1.165) is 4.90 Å². The summed E-state index contributed by atoms with van der Waals surface area (Å²) >= 11 is 1.23. The number of nitrogens with one attached hydrogen (secondary N) is 1. The molecule has 3 rings (SSSR count). The second-order valence-corrected chi connectivity index (χ2v) is 7.91. The lowest BCUT2D eigenvalue weighted by Crippen LogP contribution is -2.59. The van der Waals surface area contributed by atoms with Crippen LogP contribution in [0.1, 0.15) is 37.0 Å². The number of halogens is 3. The van der Waals surface area contributed by atoms with Gasteiger partial charge in [0.1, 0.15) is 11.1 Å². The van der Waals surface area contributed by atoms with Gasteiger partial charge < -0.3 is 10.2 Å². The molecular formula is C16H18F3N3O2S. The van der Waals surface area contributed by atoms with Crippen LogP contribution in [0.5, 0.6) is 0 Å². The molecule has 3 heterocycles. The molecule has 2 amide bonds. The molecule has 0 saturated carbocycles. The minimum absolute atomic E-state index is 0.0463. The Morgan fingerprint density at radius 2 is 2.16 bits per heavy atom. The van der Waals surface area contributed by atoms with Crippen LogP contribution in [-0.4, -0.2) is 46.2 Å². The number of pyridine rings is 1. The van der Waals surface area contributed by atoms with Crippen molar-refractivity contribution >= 4 is 29.3 Å². The molecule has 136 valence electrons. The summed E-state index contributed by atoms with van der Waals surface area (Å²) in [6, 6.07) is -0.440. The highest BCUT2D eigenvalue weighted by Crippen LogP contribution is 2.44. The molecule has 0 spiro atoms. The van der Waals surface area contributed by atoms with E-state index in [2.05, 4.69) is 10.3 Å². The molecule has 0 aromatic carbocycles. The van der Waals surface area contributed by atoms with E-state index >= 15 is 0 Å². The Kier molecular flexibility index (Phi) is 4.47. The first-order valence-electron chi connectivity index (χ1n) is 7.90. The molecule has 1 atom stereocenters. The molecule has 0 aliphatic carbocycles. The summed E-state index contributed by atoms with van der Waals surface area (Å²) in [6.07, 6.45) is -2.32. The predicted octanol–water partition coefficient (Wildman–Crippen LogP) is 3.32. The van der Waals surface area contributed by atoms with Crippen molar-refractivity contribution in [1.29, 1.82) is 0 Å². The van der Waals surface area contributed by atoms with Crippen LogP contribution in [0, 0.1) is 5.41 Å². The van der Waals surface area contributed by atoms with Crippen LogP contribution in [-0.2, 0) is 4.79 Å². The molecule has 5 nitrogen and oxygen atoms in total. The van der Waals surface area contributed by atoms with Gasteiger partial charge in [-0.15, -0.1) is 0 Å². The lowest BCUT2D eigenvalue weighted by Gasteiger charge is -2.47. The first-order chi connectivity index (χ1) is 11.6. The number of hydrogen-bond donors (Lipinski definition) is 1. The molecule has 1 fully saturated rings. The van der Waals surface area contributed by atoms with Crippen LogP contribution in [0.15, 0.2) is 17.3 Å². The maximum absolute atomic E-state index is 13.6. The van der Waals surface area contributed by atoms with Crippen LogP contribution in [0.3, 0.4) is 0 Å². The van der Waals surface area contributed by atoms with Crippen LogP contribution in [0.25, 0.3) is 0 Å². The van der Waals surface area contributed by atoms with Crippen molar-refractivity contribution in [1.82, 2.24) is 9.88 Å². The Bertz CT molecular complexity index is 721. The largest absolute Gasteiger partial charge is 0.409 e. The summed E-state index contributed by atoms with van der Waals surface area (Å²) in [6.45, 7) is 3.11. The number of alkyl halides is 3. The van der Waals surface area contributed by atoms with Crippen LogP contribution in [0.4, 0.5) is 18.9 Å². The molecule has 1 aromatic heterocycles. The summed E-state index contributed by atoms with van der Waals surface area (Å²) in [5.74, 6) is -0.713. The molecule has 2 aliphatic rings. The van der Waals surface area contributed by atoms with Gasteiger partial charge in [-0.1, -0.05) is 25.6 Å². The molecule has 9 heteroatoms. The molecule has 2 aliphatic heterocycles. The number of aromatic nitrogens is 1. The highest BCUT2D eigenvalue weighted by Gasteiger charge is 2.55. The first-order valence-corrected chi connectivity index (χ1v) is 8.88. The SMILES string of the molecule is CC1(C)CCCN(C(=O)c2cnc3c(c2)NC(=O)CS3)C1C(F)(F)F. The number of piperidine rings is 1. The molecule has 0 radical (unpaired) electrons. The van der Waals surface area contributed by atoms with Crippen molar-refractivity contribution in [3.8, 4) is 0 Å². The van der Waals surface area contributed by atoms with Gasteiger partial charge in [0.15, 0.2) is 0 Å². The fourth-order valence-electron chi connectivity index (χ4n) is 3.49. The van der Waals surface area contributed by atoms with Crippen molar-refractivity contribution < 1.29 is 22.8 Å². The Hall–Kier alpha value is -1.77. The maximum atomic E-state index is 13.6. The minimum atomic E-state index is -4.51. The number of amides is 2. The van der Waals surface area contributed by atoms with Gasteiger partial charge in [-0.2, -0.15) is 13.2 Å². The first kappa shape index (κ1) is 18.0. The smallest absolute Gasteiger partial charge is 0.326 e. The van der Waals surface area contributed by atoms with Crippen molar-refractivity contribution in [2.24, 2.45) is 5.41 Å². The fraction of sp³-hybridized carbons (Fsp3) is 0.562. The topological polar surface area (TPSA) is 62.3 Å². The van der Waals surface area contributed by atoms with Gasteiger partial charge >= 0.3 is 6.18 Å². The Morgan fingerprint density at radius 1 is 1.44 bits per heavy atom. The molecule has 0 bridgehead atoms. The van der Waals surface area contributed by atoms with E-state index in [1.807, 2.05) is 0 Å². The zero-order valence-electron chi connectivity index (χ0n) is 13.8. The molecule has 25 heavy (non-hydrogen) atoms. The number of anilines is 1. The number of nitrogens with zero attached hydrogens (tertiary/aromatic N) is 2. The van der Waals surface area contributed by atoms with E-state index in [4.69, 9.17) is 0 Å². The standard InChI is InChI=1S/C16H18F3N3O2S/c1-15(2)4-3-5-22(14(15)16(17,18)19)13(24)9-6-10-12(20-7-9)25-8-11(23)21-10/h6-7,14H,3-5,8H2,1-2H3,(H,21,23). The van der Waals surface area contributed by atoms with Crippen molar-refractivity contribution in [2.75, 3.05) is 17.6 Å². The number of fused-ring (bicyclic) bond motifs is 1. The van der Waals surface area contributed by atoms with Gasteiger partial charge in [0.2, 0.25) is 5.91 Å². The van der Waals surface area contributed by atoms with Gasteiger partial charge in [-0.05, 0) is 24.3 Å². The third kappa shape index (κ3) is 3.47. The third-order valence-corrected chi connectivity index (χ3v) is 5.56. The Morgan fingerprint density at radius 3 is 2.84 bits per heavy atom. The quantitative estimate of drug-likeness (QED) is 0.820. The van der Waals surface area contributed by atoms with Crippen LogP contribution in [0.2, 0.25) is 0 Å². The Labute approximate surface area is 147 Å². The van der Waals surface area contributed by atoms with E-state index in [0.29, 0.717) is 23.6 Å². The number of hydrogen-bond acceptors (Lipinski definition) is 4. The van der Waals surface area contributed by atoms with Crippen molar-refractivity contribution in [3.63, 3.8) is 0 Å². The molecule has 1 saturated heterocycles. The zero-order valence-corrected chi connectivity index (χ0v) is 14.6. The fourth-order valence-corrected chi connectivity index (χ4v) is 4.22. The average molecular weight is 373 g/mol. The van der Waals surface area contributed by atoms with Gasteiger partial charge in [0.25, 0.3) is 5.91 Å². The summed E-state index contributed by atoms with van der Waals surface area (Å²) in [5, 5.41) is 3.16. The van der Waals surface area contributed by atoms with E-state index in [1.165, 1.54) is 37.9 Å². The third-order valence-electron chi connectivity index (χ3n) is 4.56. The van der Waals surface area contributed by atoms with Crippen LogP contribution < -0.4 is 5.32 Å². The highest BCUT2D eigenvalue weighted by molar-refractivity contribution is 8.00. The molecule has 1 aromatic rings. The summed E-state index contributed by atoms with van der Waals surface area (Å²) in [4.78, 5) is 29.3. The average Bonchev–Trinajstić information content (AvgIpc) is 2.51. The summed E-state index contributed by atoms with van der Waals surface area (Å²) < 4.78 is 40.9. The molecule has 1 N–H and O–H groups in total. The number of thioether (sulfide) groups is 1. The minimum Gasteiger partial charge on any atom is -0.326 e. The van der Waals surface area contributed by atoms with Crippen molar-refractivity contribution in [3.05, 3.63) is 17.8 Å². The normalized spacial score (nSPS) is 23.0. The van der Waals surface area contributed by atoms with Gasteiger partial charge in [0.05, 0.1) is 17.0 Å². The van der Waals surface area contributed by atoms with E-state index < -0.39 is 23.5 Å². The number of carbonyl (C=O) groups excluding carboxylic acids is 2. The zero-order chi connectivity index (χ0) is 18.4. The lowest BCUT2D eigenvalue weighted by atomic mass is 9.76. The van der Waals surface area contributed by atoms with Crippen LogP contribution >= 0.6 is 11.8 Å². The van der Waals surface area contributed by atoms with Crippen molar-refractivity contribution in [2.45, 2.75) is 43.9 Å². The summed E-state index contributed by atoms with van der Waals surface area (Å²) in [7, 11) is 0. The highest BCUT2D eigenvalue weighted by atomic mass is 32.2. The lowest BCUT2D eigenvalue weighted by molar-refractivity contribution is -0.211. The number of likely N-dealkylation sites (tertiary alicyclic amines) is 1. The van der Waals surface area contributed by atoms with E-state index in [9.17, 15) is 22.8 Å². The molecular weight excluding hydrogens is 355 g/mol. The summed E-state index contributed by atoms with van der Waals surface area (Å²) in [5.41, 5.74) is -0.641. The number of carbonyl (C=O) groups is 2. The second-order valence-electron chi connectivity index (χ2n) is 6.95. The number of rotatable bonds is 1. The second kappa shape index (κ2) is 6.19. The Balaban J connectivity index is 1.94. The maximum Gasteiger partial charge on any atom is 0.409 e. The predicted molar refractivity (Wildman–Crippen MR) is 87.5 cm³/mol. The van der Waals surface area contributed by atoms with Gasteiger partial charge in [-0.3, -0.25) is 9.59 Å².